The molecule has 5 rings (SSSR count). The van der Waals surface area contributed by atoms with Crippen LogP contribution in [0.15, 0.2) is 48.6 Å². The third-order valence-electron chi connectivity index (χ3n) is 22.2. The fourth-order valence-corrected chi connectivity index (χ4v) is 17.7. The van der Waals surface area contributed by atoms with Gasteiger partial charge in [0.1, 0.15) is 28.1 Å². The number of allylic oxidation sites excluding steroid dienone is 8. The van der Waals surface area contributed by atoms with Crippen molar-refractivity contribution in [1.82, 2.24) is 0 Å². The molecule has 640 valence electrons. The van der Waals surface area contributed by atoms with Crippen molar-refractivity contribution in [3.8, 4) is 0 Å². The number of alkyl halides is 2. The van der Waals surface area contributed by atoms with E-state index in [1.165, 1.54) is 67.0 Å². The van der Waals surface area contributed by atoms with Gasteiger partial charge in [0.25, 0.3) is 0 Å². The highest BCUT2D eigenvalue weighted by Crippen LogP contribution is 2.53. The van der Waals surface area contributed by atoms with Gasteiger partial charge in [-0.25, -0.2) is 0 Å². The Morgan fingerprint density at radius 2 is 0.973 bits per heavy atom. The number of fused-ring (bicyclic) bond motifs is 1. The number of esters is 4. The van der Waals surface area contributed by atoms with Crippen LogP contribution in [0, 0.1) is 47.3 Å². The van der Waals surface area contributed by atoms with Crippen LogP contribution in [0.1, 0.15) is 310 Å². The van der Waals surface area contributed by atoms with E-state index in [0.29, 0.717) is 152 Å². The molecule has 0 bridgehead atoms. The number of ketones is 5. The molecule has 1 heterocycles. The summed E-state index contributed by atoms with van der Waals surface area (Å²) in [5, 5.41) is 38.8. The second-order valence-electron chi connectivity index (χ2n) is 30.6. The summed E-state index contributed by atoms with van der Waals surface area (Å²) in [7, 11) is 6.56. The molecule has 0 aromatic carbocycles. The van der Waals surface area contributed by atoms with Crippen molar-refractivity contribution >= 4 is 77.2 Å². The molecule has 0 amide bonds. The lowest BCUT2D eigenvalue weighted by Gasteiger charge is -2.39. The quantitative estimate of drug-likeness (QED) is 0.0124. The van der Waals surface area contributed by atoms with Gasteiger partial charge in [-0.2, -0.15) is 21.4 Å². The number of aliphatic hydroxyl groups excluding tert-OH is 3. The molecule has 4 saturated carbocycles. The number of halogens is 2. The number of ether oxygens (including phenoxy) is 6. The summed E-state index contributed by atoms with van der Waals surface area (Å²) in [4.78, 5) is 104. The summed E-state index contributed by atoms with van der Waals surface area (Å²) in [5.41, 5.74) is 0. The summed E-state index contributed by atoms with van der Waals surface area (Å²) in [6.07, 6.45) is 47.6. The Balaban J connectivity index is 0.000000735. The molecule has 1 aliphatic heterocycles. The lowest BCUT2D eigenvalue weighted by atomic mass is 9.86. The van der Waals surface area contributed by atoms with E-state index < -0.39 is 28.8 Å². The Morgan fingerprint density at radius 1 is 0.495 bits per heavy atom. The summed E-state index contributed by atoms with van der Waals surface area (Å²) in [6, 6.07) is 0. The minimum atomic E-state index is -3.24. The fraction of sp³-hybridized carbons (Fsp3) is 0.807. The van der Waals surface area contributed by atoms with Gasteiger partial charge >= 0.3 is 29.8 Å². The minimum Gasteiger partial charge on any atom is -0.469 e. The van der Waals surface area contributed by atoms with E-state index in [1.54, 1.807) is 11.8 Å². The first-order valence-electron chi connectivity index (χ1n) is 42.3. The topological polar surface area (TPSA) is 290 Å². The van der Waals surface area contributed by atoms with Crippen LogP contribution >= 0.6 is 24.4 Å². The van der Waals surface area contributed by atoms with E-state index in [9.17, 15) is 67.3 Å². The van der Waals surface area contributed by atoms with Crippen LogP contribution in [0.25, 0.3) is 0 Å². The highest BCUT2D eigenvalue weighted by atomic mass is 32.2. The molecular weight excluding hydrogens is 1460 g/mol. The van der Waals surface area contributed by atoms with E-state index in [1.807, 2.05) is 37.3 Å². The van der Waals surface area contributed by atoms with Crippen molar-refractivity contribution in [3.05, 3.63) is 48.6 Å². The molecule has 5 aliphatic rings. The predicted octanol–water partition coefficient (Wildman–Crippen LogP) is 18.0. The van der Waals surface area contributed by atoms with Gasteiger partial charge in [-0.1, -0.05) is 134 Å². The molecule has 5 fully saturated rings. The molecule has 23 heteroatoms. The summed E-state index contributed by atoms with van der Waals surface area (Å²) >= 11 is 6.27. The van der Waals surface area contributed by atoms with E-state index in [0.717, 1.165) is 136 Å². The van der Waals surface area contributed by atoms with Crippen LogP contribution in [0.2, 0.25) is 0 Å². The average molecular weight is 1610 g/mol. The predicted molar refractivity (Wildman–Crippen MR) is 439 cm³/mol. The summed E-state index contributed by atoms with van der Waals surface area (Å²) in [5.74, 6) is -3.27. The number of carbonyl (C=O) groups is 9. The number of hydrogen-bond acceptors (Lipinski definition) is 21. The molecule has 5 unspecified atom stereocenters. The van der Waals surface area contributed by atoms with Gasteiger partial charge in [0.15, 0.2) is 0 Å². The van der Waals surface area contributed by atoms with Crippen molar-refractivity contribution in [2.45, 2.75) is 344 Å². The smallest absolute Gasteiger partial charge is 0.305 e. The summed E-state index contributed by atoms with van der Waals surface area (Å²) in [6.45, 7) is 10.9. The molecule has 19 nitrogen and oxygen atoms in total. The zero-order valence-electron chi connectivity index (χ0n) is 69.5. The fourth-order valence-electron chi connectivity index (χ4n) is 15.4. The van der Waals surface area contributed by atoms with Crippen molar-refractivity contribution in [2.75, 3.05) is 62.0 Å². The van der Waals surface area contributed by atoms with Gasteiger partial charge in [0, 0.05) is 119 Å². The second-order valence-corrected chi connectivity index (χ2v) is 32.8. The Kier molecular flexibility index (Phi) is 60.9. The van der Waals surface area contributed by atoms with Gasteiger partial charge in [-0.3, -0.25) is 43.2 Å². The van der Waals surface area contributed by atoms with Gasteiger partial charge in [-0.15, -0.1) is 11.8 Å². The number of methoxy groups -OCH3 is 4. The highest BCUT2D eigenvalue weighted by Gasteiger charge is 2.49. The number of aliphatic hydroxyl groups is 4. The number of hydrogen-bond donors (Lipinski definition) is 5. The summed E-state index contributed by atoms with van der Waals surface area (Å²) < 4.78 is 57.3. The van der Waals surface area contributed by atoms with Crippen molar-refractivity contribution in [2.24, 2.45) is 47.3 Å². The number of thioether (sulfide) groups is 1. The number of Topliss-reactive ketones (excluding diaryl/α,β-unsaturated/α-hetero) is 5. The van der Waals surface area contributed by atoms with Crippen LogP contribution in [0.3, 0.4) is 0 Å². The van der Waals surface area contributed by atoms with Crippen molar-refractivity contribution in [1.29, 1.82) is 0 Å². The van der Waals surface area contributed by atoms with Crippen LogP contribution in [-0.4, -0.2) is 169 Å². The first-order valence-corrected chi connectivity index (χ1v) is 43.7. The molecule has 0 aromatic heterocycles. The third kappa shape index (κ3) is 46.2. The lowest BCUT2D eigenvalue weighted by molar-refractivity contribution is -0.144. The number of thiol groups is 1. The molecule has 1 saturated heterocycles. The SMILES string of the molecule is CCCCC(F)(F)C(=O)CC[C@H]1CCC(=O)[C@@H]1C/C=C\CCCC(=O)OC.CCCCCC(=O)CCC1C(C/C=C\CCCC(=O)OC)C(=O)C[C@H]1S.CCCCCC1(O)CC[C@H]2C(CC(=O)[C@@H]2C/C=C\CCCC(=O)OC)S1.CCCCCCCOCCOCC[C@H]1[C@H](O)CC(O)[C@@H]1C/C=C\CCCC(=O)OC.CO. The Hall–Kier alpha value is -4.49. The Labute approximate surface area is 676 Å². The average Bonchev–Trinajstić information content (AvgIpc) is 1.65. The molecule has 4 N–H and O–H groups in total. The molecule has 13 atom stereocenters. The zero-order valence-corrected chi connectivity index (χ0v) is 71.2. The van der Waals surface area contributed by atoms with E-state index >= 15 is 0 Å². The van der Waals surface area contributed by atoms with Crippen molar-refractivity contribution < 1.29 is 101 Å². The second kappa shape index (κ2) is 64.7. The number of carbonyl (C=O) groups excluding carboxylic acids is 9. The standard InChI is InChI=1S/C24H44O6.C21H32F2O4.2C21H34O4S.CH4O/c1-3-4-5-8-11-15-29-17-18-30-16-14-21-20(22(25)19-23(21)26)12-9-6-7-10-13-24(27)28-2;1-3-4-15-21(22,23)19(25)14-12-16-11-13-18(24)17(16)9-7-5-6-8-10-20(26)27-2;1-3-4-9-13-21(24)14-12-17-16(18(22)15-19(17)26-21)10-7-5-6-8-11-20(23)25-2;1-3-4-7-10-16(22)13-14-18-17(19(23)15-20(18)26)11-8-5-6-9-12-21(24)25-2;1-2/h6,9,20-23,25-26H,3-5,7-8,10-19H2,1-2H3;5,7,16-17H,3-4,6,8-15H2,1-2H3;5,7,16-17,19,24H,3-4,6,8-15H2,1-2H3;5,8,17-18,20,26H,3-4,6-7,9-15H2,1-2H3;2H,1H3/b9-6-;2*7-5-;8-5-;/t20-,21-,22?,23-;16-,17-;16-,17-,19?,21?;17?,18?,20-;/m1111./s1. The maximum atomic E-state index is 13.8. The number of unbranched alkanes of at least 4 members (excludes halogenated alkanes) is 13. The molecular formula is C88H148F2O19S2. The van der Waals surface area contributed by atoms with Crippen LogP contribution in [-0.2, 0) is 71.6 Å². The Morgan fingerprint density at radius 3 is 1.51 bits per heavy atom. The highest BCUT2D eigenvalue weighted by molar-refractivity contribution is 8.01. The normalized spacial score (nSPS) is 24.2. The minimum absolute atomic E-state index is 0.00291. The van der Waals surface area contributed by atoms with Crippen LogP contribution in [0.4, 0.5) is 8.78 Å². The van der Waals surface area contributed by atoms with Crippen LogP contribution < -0.4 is 0 Å². The first kappa shape index (κ1) is 105. The van der Waals surface area contributed by atoms with Crippen LogP contribution in [0.5, 0.6) is 0 Å². The molecule has 0 spiro atoms. The van der Waals surface area contributed by atoms with E-state index in [-0.39, 0.29) is 95.0 Å². The largest absolute Gasteiger partial charge is 0.469 e. The molecule has 111 heavy (non-hydrogen) atoms. The van der Waals surface area contributed by atoms with Crippen molar-refractivity contribution in [3.63, 3.8) is 0 Å². The monoisotopic (exact) mass is 1610 g/mol. The third-order valence-corrected chi connectivity index (χ3v) is 24.4. The van der Waals surface area contributed by atoms with E-state index in [4.69, 9.17) is 14.6 Å². The van der Waals surface area contributed by atoms with Gasteiger partial charge < -0.3 is 48.8 Å². The van der Waals surface area contributed by atoms with Gasteiger partial charge in [-0.05, 0) is 184 Å². The van der Waals surface area contributed by atoms with E-state index in [2.05, 4.69) is 70.6 Å². The number of rotatable bonds is 54. The maximum absolute atomic E-state index is 13.8. The maximum Gasteiger partial charge on any atom is 0.305 e. The van der Waals surface area contributed by atoms with Gasteiger partial charge in [0.05, 0.1) is 53.9 Å². The lowest BCUT2D eigenvalue weighted by Crippen LogP contribution is -2.36. The molecule has 0 radical (unpaired) electrons. The Bertz CT molecular complexity index is 2690. The zero-order chi connectivity index (χ0) is 82.7. The molecule has 0 aromatic rings. The van der Waals surface area contributed by atoms with Gasteiger partial charge in [0.2, 0.25) is 5.78 Å². The first-order chi connectivity index (χ1) is 53.4. The molecule has 4 aliphatic carbocycles.